The highest BCUT2D eigenvalue weighted by molar-refractivity contribution is 5.92. The molecule has 31 heavy (non-hydrogen) atoms. The van der Waals surface area contributed by atoms with Gasteiger partial charge in [-0.1, -0.05) is 36.4 Å². The number of hydrogen-bond acceptors (Lipinski definition) is 5. The lowest BCUT2D eigenvalue weighted by Crippen LogP contribution is -2.46. The smallest absolute Gasteiger partial charge is 0.330 e. The summed E-state index contributed by atoms with van der Waals surface area (Å²) in [6.07, 6.45) is 0. The lowest BCUT2D eigenvalue weighted by Gasteiger charge is -2.29. The summed E-state index contributed by atoms with van der Waals surface area (Å²) < 4.78 is 12.3. The Bertz CT molecular complexity index is 1230. The van der Waals surface area contributed by atoms with Gasteiger partial charge < -0.3 is 14.8 Å². The third kappa shape index (κ3) is 3.89. The Kier molecular flexibility index (Phi) is 5.48. The molecular weight excluding hydrogens is 400 g/mol. The van der Waals surface area contributed by atoms with Gasteiger partial charge >= 0.3 is 11.7 Å². The van der Waals surface area contributed by atoms with Gasteiger partial charge in [-0.15, -0.1) is 0 Å². The molecule has 1 aromatic heterocycles. The molecule has 0 saturated carbocycles. The fraction of sp³-hybridized carbons (Fsp3) is 0.227. The number of urea groups is 1. The van der Waals surface area contributed by atoms with Crippen molar-refractivity contribution in [3.05, 3.63) is 86.1 Å². The largest absolute Gasteiger partial charge is 0.493 e. The molecule has 1 atom stereocenters. The average Bonchev–Trinajstić information content (AvgIpc) is 2.77. The van der Waals surface area contributed by atoms with Crippen LogP contribution in [0.5, 0.6) is 11.5 Å². The van der Waals surface area contributed by atoms with E-state index >= 15 is 0 Å². The van der Waals surface area contributed by atoms with Crippen LogP contribution in [-0.4, -0.2) is 29.3 Å². The SMILES string of the molecule is CCOc1cc(C2NC(=O)Nc3c2c(=O)[nH]c(=O)n3Cc2ccccc2)ccc1OC. The molecule has 1 aliphatic rings. The van der Waals surface area contributed by atoms with Gasteiger partial charge in [0.25, 0.3) is 5.56 Å². The molecule has 0 radical (unpaired) electrons. The van der Waals surface area contributed by atoms with Crippen LogP contribution in [0.3, 0.4) is 0 Å². The summed E-state index contributed by atoms with van der Waals surface area (Å²) in [7, 11) is 1.53. The van der Waals surface area contributed by atoms with Crippen LogP contribution < -0.4 is 31.4 Å². The molecule has 0 aliphatic carbocycles. The van der Waals surface area contributed by atoms with Crippen LogP contribution in [0.2, 0.25) is 0 Å². The summed E-state index contributed by atoms with van der Waals surface area (Å²) >= 11 is 0. The lowest BCUT2D eigenvalue weighted by atomic mass is 9.98. The van der Waals surface area contributed by atoms with Gasteiger partial charge in [0.2, 0.25) is 0 Å². The molecule has 1 aliphatic heterocycles. The number of aromatic nitrogens is 2. The highest BCUT2D eigenvalue weighted by Gasteiger charge is 2.32. The number of H-pyrrole nitrogens is 1. The summed E-state index contributed by atoms with van der Waals surface area (Å²) in [5, 5.41) is 5.39. The topological polar surface area (TPSA) is 114 Å². The number of hydrogen-bond donors (Lipinski definition) is 3. The quantitative estimate of drug-likeness (QED) is 0.564. The van der Waals surface area contributed by atoms with Gasteiger partial charge in [-0.25, -0.2) is 9.59 Å². The van der Waals surface area contributed by atoms with Crippen molar-refractivity contribution in [2.24, 2.45) is 0 Å². The third-order valence-electron chi connectivity index (χ3n) is 5.04. The average molecular weight is 422 g/mol. The zero-order chi connectivity index (χ0) is 22.0. The van der Waals surface area contributed by atoms with E-state index in [0.717, 1.165) is 5.56 Å². The Morgan fingerprint density at radius 1 is 1.03 bits per heavy atom. The molecule has 2 heterocycles. The molecule has 3 N–H and O–H groups in total. The first-order valence-corrected chi connectivity index (χ1v) is 9.81. The molecule has 2 amide bonds. The van der Waals surface area contributed by atoms with Crippen molar-refractivity contribution in [2.75, 3.05) is 19.0 Å². The molecule has 0 bridgehead atoms. The number of nitrogens with zero attached hydrogens (tertiary/aromatic N) is 1. The molecule has 9 heteroatoms. The maximum atomic E-state index is 12.8. The molecule has 0 saturated heterocycles. The molecule has 1 unspecified atom stereocenters. The van der Waals surface area contributed by atoms with Crippen LogP contribution in [0.25, 0.3) is 0 Å². The fourth-order valence-electron chi connectivity index (χ4n) is 3.64. The Morgan fingerprint density at radius 2 is 1.81 bits per heavy atom. The van der Waals surface area contributed by atoms with Gasteiger partial charge in [-0.2, -0.15) is 0 Å². The summed E-state index contributed by atoms with van der Waals surface area (Å²) in [6.45, 7) is 2.46. The maximum Gasteiger partial charge on any atom is 0.330 e. The van der Waals surface area contributed by atoms with Crippen LogP contribution >= 0.6 is 0 Å². The molecule has 0 spiro atoms. The number of carbonyl (C=O) groups is 1. The fourth-order valence-corrected chi connectivity index (χ4v) is 3.64. The molecular formula is C22H22N4O5. The highest BCUT2D eigenvalue weighted by Crippen LogP contribution is 2.34. The van der Waals surface area contributed by atoms with Crippen LogP contribution in [-0.2, 0) is 6.54 Å². The van der Waals surface area contributed by atoms with E-state index in [1.165, 1.54) is 11.7 Å². The Hall–Kier alpha value is -4.01. The number of aromatic amines is 1. The normalized spacial score (nSPS) is 14.9. The first kappa shape index (κ1) is 20.3. The van der Waals surface area contributed by atoms with Gasteiger partial charge in [-0.3, -0.25) is 19.7 Å². The monoisotopic (exact) mass is 422 g/mol. The second-order valence-corrected chi connectivity index (χ2v) is 6.97. The van der Waals surface area contributed by atoms with Crippen LogP contribution in [0, 0.1) is 0 Å². The zero-order valence-corrected chi connectivity index (χ0v) is 17.1. The van der Waals surface area contributed by atoms with Gasteiger partial charge in [0.15, 0.2) is 11.5 Å². The molecule has 3 aromatic rings. The molecule has 160 valence electrons. The first-order chi connectivity index (χ1) is 15.0. The highest BCUT2D eigenvalue weighted by atomic mass is 16.5. The molecule has 9 nitrogen and oxygen atoms in total. The number of rotatable bonds is 6. The van der Waals surface area contributed by atoms with E-state index < -0.39 is 23.3 Å². The number of ether oxygens (including phenoxy) is 2. The van der Waals surface area contributed by atoms with E-state index in [0.29, 0.717) is 23.7 Å². The molecule has 0 fully saturated rings. The Labute approximate surface area is 177 Å². The summed E-state index contributed by atoms with van der Waals surface area (Å²) in [5.41, 5.74) is 0.540. The van der Waals surface area contributed by atoms with E-state index in [1.807, 2.05) is 37.3 Å². The van der Waals surface area contributed by atoms with E-state index in [4.69, 9.17) is 9.47 Å². The second-order valence-electron chi connectivity index (χ2n) is 6.97. The van der Waals surface area contributed by atoms with Crippen LogP contribution in [0.1, 0.15) is 29.7 Å². The van der Waals surface area contributed by atoms with Crippen molar-refractivity contribution in [1.29, 1.82) is 0 Å². The number of methoxy groups -OCH3 is 1. The van der Waals surface area contributed by atoms with Crippen molar-refractivity contribution in [3.63, 3.8) is 0 Å². The number of fused-ring (bicyclic) bond motifs is 1. The van der Waals surface area contributed by atoms with Crippen molar-refractivity contribution in [3.8, 4) is 11.5 Å². The number of benzene rings is 2. The van der Waals surface area contributed by atoms with Crippen LogP contribution in [0.15, 0.2) is 58.1 Å². The number of amides is 2. The predicted octanol–water partition coefficient (Wildman–Crippen LogP) is 2.22. The lowest BCUT2D eigenvalue weighted by molar-refractivity contribution is 0.248. The van der Waals surface area contributed by atoms with Crippen molar-refractivity contribution < 1.29 is 14.3 Å². The summed E-state index contributed by atoms with van der Waals surface area (Å²) in [6, 6.07) is 13.2. The number of carbonyl (C=O) groups excluding carboxylic acids is 1. The van der Waals surface area contributed by atoms with Crippen molar-refractivity contribution in [2.45, 2.75) is 19.5 Å². The standard InChI is InChI=1S/C22H22N4O5/c1-3-31-16-11-14(9-10-15(16)30-2)18-17-19(24-21(28)23-18)26(22(29)25-20(17)27)12-13-7-5-4-6-8-13/h4-11,18H,3,12H2,1-2H3,(H2,23,24,28)(H,25,27,29). The second kappa shape index (κ2) is 8.39. The molecule has 4 rings (SSSR count). The first-order valence-electron chi connectivity index (χ1n) is 9.81. The third-order valence-corrected chi connectivity index (χ3v) is 5.04. The minimum atomic E-state index is -0.778. The minimum Gasteiger partial charge on any atom is -0.493 e. The van der Waals surface area contributed by atoms with Gasteiger partial charge in [0, 0.05) is 0 Å². The van der Waals surface area contributed by atoms with Crippen molar-refractivity contribution in [1.82, 2.24) is 14.9 Å². The predicted molar refractivity (Wildman–Crippen MR) is 115 cm³/mol. The van der Waals surface area contributed by atoms with Gasteiger partial charge in [0.1, 0.15) is 5.82 Å². The minimum absolute atomic E-state index is 0.167. The van der Waals surface area contributed by atoms with Gasteiger partial charge in [0.05, 0.1) is 31.9 Å². The maximum absolute atomic E-state index is 12.8. The zero-order valence-electron chi connectivity index (χ0n) is 17.1. The van der Waals surface area contributed by atoms with E-state index in [-0.39, 0.29) is 17.9 Å². The van der Waals surface area contributed by atoms with Crippen molar-refractivity contribution >= 4 is 11.8 Å². The number of nitrogens with one attached hydrogen (secondary N) is 3. The van der Waals surface area contributed by atoms with Crippen LogP contribution in [0.4, 0.5) is 10.6 Å². The summed E-state index contributed by atoms with van der Waals surface area (Å²) in [4.78, 5) is 40.2. The molecule has 2 aromatic carbocycles. The van der Waals surface area contributed by atoms with E-state index in [9.17, 15) is 14.4 Å². The number of anilines is 1. The Morgan fingerprint density at radius 3 is 2.52 bits per heavy atom. The van der Waals surface area contributed by atoms with Gasteiger partial charge in [-0.05, 0) is 30.2 Å². The Balaban J connectivity index is 1.86. The summed E-state index contributed by atoms with van der Waals surface area (Å²) in [5.74, 6) is 1.19. The van der Waals surface area contributed by atoms with E-state index in [1.54, 1.807) is 18.2 Å². The van der Waals surface area contributed by atoms with E-state index in [2.05, 4.69) is 15.6 Å².